The smallest absolute Gasteiger partial charge is 0.270 e. The molecule has 2 aromatic carbocycles. The highest BCUT2D eigenvalue weighted by atomic mass is 16.2. The van der Waals surface area contributed by atoms with E-state index in [4.69, 9.17) is 5.10 Å². The van der Waals surface area contributed by atoms with E-state index in [-0.39, 0.29) is 11.8 Å². The zero-order valence-electron chi connectivity index (χ0n) is 14.9. The summed E-state index contributed by atoms with van der Waals surface area (Å²) in [6.07, 6.45) is 2.33. The molecule has 3 aromatic rings. The summed E-state index contributed by atoms with van der Waals surface area (Å²) in [7, 11) is 0. The molecule has 1 aromatic heterocycles. The minimum Gasteiger partial charge on any atom is -0.350 e. The Labute approximate surface area is 153 Å². The lowest BCUT2D eigenvalue weighted by atomic mass is 10.0. The first-order chi connectivity index (χ1) is 12.7. The van der Waals surface area contributed by atoms with Gasteiger partial charge in [0.1, 0.15) is 5.69 Å². The summed E-state index contributed by atoms with van der Waals surface area (Å²) >= 11 is 0. The number of para-hydroxylation sites is 1. The van der Waals surface area contributed by atoms with Gasteiger partial charge in [0, 0.05) is 12.5 Å². The summed E-state index contributed by atoms with van der Waals surface area (Å²) in [6, 6.07) is 22.1. The Bertz CT molecular complexity index is 882. The average molecular weight is 345 g/mol. The van der Waals surface area contributed by atoms with Crippen molar-refractivity contribution in [1.82, 2.24) is 15.1 Å². The fourth-order valence-electron chi connectivity index (χ4n) is 3.14. The largest absolute Gasteiger partial charge is 0.350 e. The van der Waals surface area contributed by atoms with Crippen molar-refractivity contribution < 1.29 is 4.79 Å². The Morgan fingerprint density at radius 1 is 1.12 bits per heavy atom. The Kier molecular flexibility index (Phi) is 4.57. The number of amides is 1. The van der Waals surface area contributed by atoms with Crippen molar-refractivity contribution in [2.24, 2.45) is 0 Å². The van der Waals surface area contributed by atoms with Gasteiger partial charge in [0.25, 0.3) is 5.91 Å². The van der Waals surface area contributed by atoms with E-state index in [1.54, 1.807) is 4.68 Å². The molecule has 0 radical (unpaired) electrons. The third kappa shape index (κ3) is 3.54. The highest BCUT2D eigenvalue weighted by Gasteiger charge is 2.29. The van der Waals surface area contributed by atoms with Crippen molar-refractivity contribution in [2.45, 2.75) is 31.6 Å². The molecule has 1 aliphatic carbocycles. The van der Waals surface area contributed by atoms with Gasteiger partial charge in [-0.05, 0) is 42.5 Å². The lowest BCUT2D eigenvalue weighted by molar-refractivity contribution is 0.0944. The Hall–Kier alpha value is -2.88. The molecule has 1 saturated carbocycles. The number of carbonyl (C=O) groups is 1. The molecule has 4 rings (SSSR count). The Morgan fingerprint density at radius 2 is 1.77 bits per heavy atom. The molecule has 0 aliphatic heterocycles. The third-order valence-electron chi connectivity index (χ3n) is 4.89. The van der Waals surface area contributed by atoms with Crippen LogP contribution >= 0.6 is 0 Å². The lowest BCUT2D eigenvalue weighted by Gasteiger charge is -2.13. The number of nitrogens with one attached hydrogen (secondary N) is 1. The second kappa shape index (κ2) is 7.16. The summed E-state index contributed by atoms with van der Waals surface area (Å²) < 4.78 is 1.77. The van der Waals surface area contributed by atoms with Crippen molar-refractivity contribution in [3.05, 3.63) is 83.7 Å². The van der Waals surface area contributed by atoms with Gasteiger partial charge in [0.15, 0.2) is 0 Å². The molecule has 132 valence electrons. The normalized spacial score (nSPS) is 14.8. The average Bonchev–Trinajstić information content (AvgIpc) is 3.45. The molecule has 26 heavy (non-hydrogen) atoms. The number of aromatic nitrogens is 2. The van der Waals surface area contributed by atoms with Gasteiger partial charge < -0.3 is 5.32 Å². The van der Waals surface area contributed by atoms with Crippen LogP contribution in [0.4, 0.5) is 0 Å². The van der Waals surface area contributed by atoms with E-state index in [1.807, 2.05) is 54.6 Å². The Morgan fingerprint density at radius 3 is 2.42 bits per heavy atom. The lowest BCUT2D eigenvalue weighted by Crippen LogP contribution is -2.29. The zero-order valence-corrected chi connectivity index (χ0v) is 14.9. The fourth-order valence-corrected chi connectivity index (χ4v) is 3.14. The van der Waals surface area contributed by atoms with Gasteiger partial charge in [-0.3, -0.25) is 4.79 Å². The Balaban J connectivity index is 1.53. The van der Waals surface area contributed by atoms with E-state index in [0.717, 1.165) is 24.2 Å². The monoisotopic (exact) mass is 345 g/mol. The fraction of sp³-hybridized carbons (Fsp3) is 0.273. The van der Waals surface area contributed by atoms with Gasteiger partial charge in [-0.25, -0.2) is 4.68 Å². The SMILES string of the molecule is CC(CNC(=O)c1cc(C2CC2)nn1-c1ccccc1)c1ccccc1. The van der Waals surface area contributed by atoms with Crippen molar-refractivity contribution in [2.75, 3.05) is 6.54 Å². The highest BCUT2D eigenvalue weighted by Crippen LogP contribution is 2.39. The van der Waals surface area contributed by atoms with Crippen LogP contribution < -0.4 is 5.32 Å². The molecular formula is C22H23N3O. The number of benzene rings is 2. The van der Waals surface area contributed by atoms with E-state index in [9.17, 15) is 4.79 Å². The second-order valence-electron chi connectivity index (χ2n) is 7.00. The molecule has 0 spiro atoms. The maximum absolute atomic E-state index is 12.9. The number of hydrogen-bond acceptors (Lipinski definition) is 2. The van der Waals surface area contributed by atoms with Crippen LogP contribution in [0.25, 0.3) is 5.69 Å². The van der Waals surface area contributed by atoms with Crippen LogP contribution in [0.3, 0.4) is 0 Å². The first kappa shape index (κ1) is 16.6. The van der Waals surface area contributed by atoms with Crippen molar-refractivity contribution >= 4 is 5.91 Å². The van der Waals surface area contributed by atoms with Crippen LogP contribution in [0.1, 0.15) is 53.3 Å². The van der Waals surface area contributed by atoms with Crippen LogP contribution in [-0.2, 0) is 0 Å². The molecule has 1 N–H and O–H groups in total. The predicted molar refractivity (Wildman–Crippen MR) is 103 cm³/mol. The van der Waals surface area contributed by atoms with Crippen LogP contribution in [0, 0.1) is 0 Å². The number of hydrogen-bond donors (Lipinski definition) is 1. The van der Waals surface area contributed by atoms with Gasteiger partial charge in [-0.2, -0.15) is 5.10 Å². The summed E-state index contributed by atoms with van der Waals surface area (Å²) in [5.41, 5.74) is 3.78. The molecule has 0 bridgehead atoms. The topological polar surface area (TPSA) is 46.9 Å². The first-order valence-electron chi connectivity index (χ1n) is 9.21. The van der Waals surface area contributed by atoms with Gasteiger partial charge in [-0.1, -0.05) is 55.5 Å². The first-order valence-corrected chi connectivity index (χ1v) is 9.21. The van der Waals surface area contributed by atoms with Crippen molar-refractivity contribution in [3.63, 3.8) is 0 Å². The van der Waals surface area contributed by atoms with Gasteiger partial charge >= 0.3 is 0 Å². The zero-order chi connectivity index (χ0) is 17.9. The van der Waals surface area contributed by atoms with E-state index in [0.29, 0.717) is 18.2 Å². The van der Waals surface area contributed by atoms with Gasteiger partial charge in [0.05, 0.1) is 11.4 Å². The van der Waals surface area contributed by atoms with E-state index in [1.165, 1.54) is 5.56 Å². The van der Waals surface area contributed by atoms with Gasteiger partial charge in [-0.15, -0.1) is 0 Å². The molecule has 1 heterocycles. The standard InChI is InChI=1S/C22H23N3O/c1-16(17-8-4-2-5-9-17)15-23-22(26)21-14-20(18-12-13-18)24-25(21)19-10-6-3-7-11-19/h2-11,14,16,18H,12-13,15H2,1H3,(H,23,26). The van der Waals surface area contributed by atoms with Gasteiger partial charge in [0.2, 0.25) is 0 Å². The second-order valence-corrected chi connectivity index (χ2v) is 7.00. The van der Waals surface area contributed by atoms with Crippen LogP contribution in [-0.4, -0.2) is 22.2 Å². The molecule has 4 heteroatoms. The van der Waals surface area contributed by atoms with E-state index in [2.05, 4.69) is 24.4 Å². The molecule has 1 atom stereocenters. The van der Waals surface area contributed by atoms with E-state index < -0.39 is 0 Å². The molecule has 1 fully saturated rings. The summed E-state index contributed by atoms with van der Waals surface area (Å²) in [4.78, 5) is 12.9. The molecule has 1 amide bonds. The maximum atomic E-state index is 12.9. The molecule has 4 nitrogen and oxygen atoms in total. The van der Waals surface area contributed by atoms with Crippen molar-refractivity contribution in [3.8, 4) is 5.69 Å². The molecule has 1 unspecified atom stereocenters. The van der Waals surface area contributed by atoms with E-state index >= 15 is 0 Å². The third-order valence-corrected chi connectivity index (χ3v) is 4.89. The minimum atomic E-state index is -0.0731. The molecular weight excluding hydrogens is 322 g/mol. The predicted octanol–water partition coefficient (Wildman–Crippen LogP) is 4.28. The minimum absolute atomic E-state index is 0.0731. The summed E-state index contributed by atoms with van der Waals surface area (Å²) in [5.74, 6) is 0.696. The van der Waals surface area contributed by atoms with Crippen molar-refractivity contribution in [1.29, 1.82) is 0 Å². The molecule has 0 saturated heterocycles. The quantitative estimate of drug-likeness (QED) is 0.725. The van der Waals surface area contributed by atoms with Crippen LogP contribution in [0.5, 0.6) is 0 Å². The number of nitrogens with zero attached hydrogens (tertiary/aromatic N) is 2. The number of carbonyl (C=O) groups excluding carboxylic acids is 1. The summed E-state index contributed by atoms with van der Waals surface area (Å²) in [5, 5.41) is 7.78. The molecule has 1 aliphatic rings. The number of rotatable bonds is 6. The van der Waals surface area contributed by atoms with Crippen LogP contribution in [0.15, 0.2) is 66.7 Å². The maximum Gasteiger partial charge on any atom is 0.270 e. The van der Waals surface area contributed by atoms with Crippen LogP contribution in [0.2, 0.25) is 0 Å². The summed E-state index contributed by atoms with van der Waals surface area (Å²) in [6.45, 7) is 2.72. The highest BCUT2D eigenvalue weighted by molar-refractivity contribution is 5.93.